The molecule has 0 fully saturated rings. The Bertz CT molecular complexity index is 995. The lowest BCUT2D eigenvalue weighted by Crippen LogP contribution is -3.61. The molecule has 3 nitrogen and oxygen atoms in total. The number of hydrogen-bond acceptors (Lipinski definition) is 3. The molecule has 0 amide bonds. The summed E-state index contributed by atoms with van der Waals surface area (Å²) in [5.74, 6) is 0.511. The first-order chi connectivity index (χ1) is 14.1. The average Bonchev–Trinajstić information content (AvgIpc) is 2.69. The zero-order valence-electron chi connectivity index (χ0n) is 17.5. The first kappa shape index (κ1) is 24.5. The van der Waals surface area contributed by atoms with Crippen LogP contribution in [0.3, 0.4) is 0 Å². The summed E-state index contributed by atoms with van der Waals surface area (Å²) in [6.45, 7) is 8.98. The van der Waals surface area contributed by atoms with Crippen LogP contribution in [0.5, 0.6) is 0 Å². The fourth-order valence-electron chi connectivity index (χ4n) is 2.57. The van der Waals surface area contributed by atoms with E-state index in [-0.39, 0.29) is 21.2 Å². The second-order valence-corrected chi connectivity index (χ2v) is 11.8. The van der Waals surface area contributed by atoms with Gasteiger partial charge in [0.05, 0.1) is 4.90 Å². The number of benzene rings is 3. The van der Waals surface area contributed by atoms with Crippen LogP contribution in [0.25, 0.3) is 0 Å². The zero-order valence-corrected chi connectivity index (χ0v) is 20.4. The quantitative estimate of drug-likeness (QED) is 0.370. The van der Waals surface area contributed by atoms with E-state index in [9.17, 15) is 17.4 Å². The van der Waals surface area contributed by atoms with Crippen molar-refractivity contribution in [2.24, 2.45) is 0 Å². The molecule has 30 heavy (non-hydrogen) atoms. The van der Waals surface area contributed by atoms with Gasteiger partial charge in [-0.2, -0.15) is 0 Å². The van der Waals surface area contributed by atoms with Crippen molar-refractivity contribution in [3.63, 3.8) is 0 Å². The van der Waals surface area contributed by atoms with Gasteiger partial charge in [0.15, 0.2) is 7.14 Å². The molecular weight excluding hydrogens is 514 g/mol. The summed E-state index contributed by atoms with van der Waals surface area (Å²) in [5.41, 5.74) is 2.87. The summed E-state index contributed by atoms with van der Waals surface area (Å²) in [6, 6.07) is 22.3. The van der Waals surface area contributed by atoms with E-state index in [0.29, 0.717) is 17.9 Å². The third kappa shape index (κ3) is 7.81. The molecule has 0 spiro atoms. The molecular formula is C24H26FIO3S. The van der Waals surface area contributed by atoms with E-state index in [1.165, 1.54) is 24.3 Å². The molecule has 0 aromatic heterocycles. The van der Waals surface area contributed by atoms with Crippen LogP contribution >= 0.6 is 0 Å². The SMILES string of the molecule is CC(C)c1ccc([I+]c2ccc(C(C)C)cc2)cc1.O=S(=O)([O-])c1cccc(F)c1. The van der Waals surface area contributed by atoms with Crippen molar-refractivity contribution in [2.75, 3.05) is 0 Å². The zero-order chi connectivity index (χ0) is 22.3. The normalized spacial score (nSPS) is 11.3. The predicted molar refractivity (Wildman–Crippen MR) is 113 cm³/mol. The molecule has 0 aliphatic rings. The monoisotopic (exact) mass is 540 g/mol. The fourth-order valence-corrected chi connectivity index (χ4v) is 5.23. The summed E-state index contributed by atoms with van der Waals surface area (Å²) in [5, 5.41) is 0. The van der Waals surface area contributed by atoms with Crippen LogP contribution in [0.15, 0.2) is 77.7 Å². The van der Waals surface area contributed by atoms with Crippen LogP contribution in [-0.2, 0) is 10.1 Å². The standard InChI is InChI=1S/C18H22I.C6H5FO3S/c1-13(2)15-5-9-17(10-6-15)19-18-11-7-16(8-12-18)14(3)4;7-5-2-1-3-6(4-5)11(8,9)10/h5-14H,1-4H3;1-4H,(H,8,9,10)/q+1;/p-1. The van der Waals surface area contributed by atoms with Gasteiger partial charge in [0.25, 0.3) is 0 Å². The Morgan fingerprint density at radius 3 is 1.50 bits per heavy atom. The Hall–Kier alpha value is -1.77. The molecule has 0 unspecified atom stereocenters. The Morgan fingerprint density at radius 1 is 0.767 bits per heavy atom. The van der Waals surface area contributed by atoms with Crippen LogP contribution in [0.4, 0.5) is 4.39 Å². The summed E-state index contributed by atoms with van der Waals surface area (Å²) in [4.78, 5) is -0.544. The topological polar surface area (TPSA) is 57.2 Å². The Balaban J connectivity index is 0.000000248. The molecule has 3 aromatic carbocycles. The molecule has 3 aromatic rings. The lowest BCUT2D eigenvalue weighted by Gasteiger charge is -2.05. The largest absolute Gasteiger partial charge is 0.744 e. The van der Waals surface area contributed by atoms with Gasteiger partial charge in [-0.1, -0.05) is 58.0 Å². The van der Waals surface area contributed by atoms with Crippen molar-refractivity contribution in [3.8, 4) is 0 Å². The molecule has 0 aliphatic heterocycles. The van der Waals surface area contributed by atoms with E-state index in [2.05, 4.69) is 76.2 Å². The maximum atomic E-state index is 12.3. The molecule has 3 rings (SSSR count). The van der Waals surface area contributed by atoms with Crippen molar-refractivity contribution in [1.82, 2.24) is 0 Å². The van der Waals surface area contributed by atoms with Crippen LogP contribution in [0.2, 0.25) is 0 Å². The minimum Gasteiger partial charge on any atom is -0.744 e. The number of rotatable bonds is 5. The summed E-state index contributed by atoms with van der Waals surface area (Å²) in [7, 11) is -4.52. The molecule has 0 saturated carbocycles. The highest BCUT2D eigenvalue weighted by Gasteiger charge is 2.15. The number of hydrogen-bond donors (Lipinski definition) is 0. The Labute approximate surface area is 189 Å². The molecule has 0 radical (unpaired) electrons. The molecule has 0 atom stereocenters. The van der Waals surface area contributed by atoms with Gasteiger partial charge < -0.3 is 4.55 Å². The van der Waals surface area contributed by atoms with E-state index in [4.69, 9.17) is 0 Å². The molecule has 0 aliphatic carbocycles. The van der Waals surface area contributed by atoms with E-state index in [0.717, 1.165) is 12.1 Å². The smallest absolute Gasteiger partial charge is 0.357 e. The second-order valence-electron chi connectivity index (χ2n) is 7.42. The Kier molecular flexibility index (Phi) is 9.00. The Morgan fingerprint density at radius 2 is 1.20 bits per heavy atom. The van der Waals surface area contributed by atoms with Gasteiger partial charge in [0.1, 0.15) is 15.9 Å². The predicted octanol–water partition coefficient (Wildman–Crippen LogP) is 2.79. The van der Waals surface area contributed by atoms with E-state index >= 15 is 0 Å². The minimum atomic E-state index is -4.52. The summed E-state index contributed by atoms with van der Waals surface area (Å²) >= 11 is -0.0366. The molecule has 0 N–H and O–H groups in total. The maximum absolute atomic E-state index is 12.3. The van der Waals surface area contributed by atoms with Gasteiger partial charge in [-0.15, -0.1) is 0 Å². The fraction of sp³-hybridized carbons (Fsp3) is 0.250. The molecule has 0 saturated heterocycles. The van der Waals surface area contributed by atoms with Gasteiger partial charge in [0, 0.05) is 0 Å². The van der Waals surface area contributed by atoms with Gasteiger partial charge in [-0.25, -0.2) is 12.8 Å². The first-order valence-corrected chi connectivity index (χ1v) is 13.2. The molecule has 160 valence electrons. The highest BCUT2D eigenvalue weighted by Crippen LogP contribution is 2.13. The summed E-state index contributed by atoms with van der Waals surface area (Å²) < 4.78 is 46.1. The highest BCUT2D eigenvalue weighted by molar-refractivity contribution is 7.85. The lowest BCUT2D eigenvalue weighted by atomic mass is 10.0. The van der Waals surface area contributed by atoms with Crippen LogP contribution in [0.1, 0.15) is 50.7 Å². The van der Waals surface area contributed by atoms with Crippen molar-refractivity contribution in [1.29, 1.82) is 0 Å². The van der Waals surface area contributed by atoms with Crippen molar-refractivity contribution >= 4 is 10.1 Å². The van der Waals surface area contributed by atoms with Crippen LogP contribution < -0.4 is 21.2 Å². The third-order valence-corrected chi connectivity index (χ3v) is 7.89. The van der Waals surface area contributed by atoms with E-state index in [1.807, 2.05) is 0 Å². The van der Waals surface area contributed by atoms with Gasteiger partial charge in [0.2, 0.25) is 0 Å². The van der Waals surface area contributed by atoms with Crippen LogP contribution in [-0.4, -0.2) is 13.0 Å². The van der Waals surface area contributed by atoms with E-state index < -0.39 is 20.8 Å². The van der Waals surface area contributed by atoms with Crippen molar-refractivity contribution < 1.29 is 38.6 Å². The number of halogens is 2. The highest BCUT2D eigenvalue weighted by atomic mass is 127. The molecule has 6 heteroatoms. The average molecular weight is 540 g/mol. The van der Waals surface area contributed by atoms with Crippen molar-refractivity contribution in [2.45, 2.75) is 44.4 Å². The molecule has 0 heterocycles. The van der Waals surface area contributed by atoms with Gasteiger partial charge in [-0.3, -0.25) is 0 Å². The third-order valence-electron chi connectivity index (χ3n) is 4.38. The van der Waals surface area contributed by atoms with Gasteiger partial charge in [-0.05, 0) is 65.4 Å². The minimum absolute atomic E-state index is 0.0366. The van der Waals surface area contributed by atoms with E-state index in [1.54, 1.807) is 0 Å². The van der Waals surface area contributed by atoms with Crippen LogP contribution in [0, 0.1) is 13.0 Å². The maximum Gasteiger partial charge on any atom is 0.357 e. The van der Waals surface area contributed by atoms with Gasteiger partial charge >= 0.3 is 21.2 Å². The second kappa shape index (κ2) is 11.0. The van der Waals surface area contributed by atoms with Crippen molar-refractivity contribution in [3.05, 3.63) is 96.9 Å². The lowest BCUT2D eigenvalue weighted by molar-refractivity contribution is -0.597. The first-order valence-electron chi connectivity index (χ1n) is 9.62. The summed E-state index contributed by atoms with van der Waals surface area (Å²) in [6.07, 6.45) is 0. The molecule has 0 bridgehead atoms.